The molecule has 1 aliphatic heterocycles. The van der Waals surface area contributed by atoms with Gasteiger partial charge in [0.05, 0.1) is 0 Å². The predicted molar refractivity (Wildman–Crippen MR) is 65.3 cm³/mol. The molecule has 0 aromatic heterocycles. The zero-order valence-electron chi connectivity index (χ0n) is 9.66. The van der Waals surface area contributed by atoms with Gasteiger partial charge >= 0.3 is 0 Å². The molecule has 16 heavy (non-hydrogen) atoms. The Morgan fingerprint density at radius 2 is 2.00 bits per heavy atom. The Bertz CT molecular complexity index is 291. The molecule has 0 amide bonds. The normalized spacial score (nSPS) is 23.7. The highest BCUT2D eigenvalue weighted by atomic mass is 19.1. The summed E-state index contributed by atoms with van der Waals surface area (Å²) in [5.41, 5.74) is 1.12. The van der Waals surface area contributed by atoms with Crippen LogP contribution in [0.3, 0.4) is 0 Å². The van der Waals surface area contributed by atoms with Gasteiger partial charge < -0.3 is 5.32 Å². The number of benzene rings is 1. The monoisotopic (exact) mass is 221 g/mol. The van der Waals surface area contributed by atoms with Gasteiger partial charge in [-0.05, 0) is 43.8 Å². The smallest absolute Gasteiger partial charge is 0.107 e. The quantitative estimate of drug-likeness (QED) is 0.827. The summed E-state index contributed by atoms with van der Waals surface area (Å²) in [5.74, 6) is 0.246. The maximum absolute atomic E-state index is 14.1. The van der Waals surface area contributed by atoms with Crippen LogP contribution in [0.1, 0.15) is 24.8 Å². The van der Waals surface area contributed by atoms with Crippen molar-refractivity contribution in [2.24, 2.45) is 5.92 Å². The van der Waals surface area contributed by atoms with Gasteiger partial charge in [-0.15, -0.1) is 0 Å². The lowest BCUT2D eigenvalue weighted by Crippen LogP contribution is -2.20. The highest BCUT2D eigenvalue weighted by Crippen LogP contribution is 2.23. The maximum Gasteiger partial charge on any atom is 0.107 e. The van der Waals surface area contributed by atoms with Gasteiger partial charge in [0.1, 0.15) is 6.17 Å². The van der Waals surface area contributed by atoms with Gasteiger partial charge in [-0.25, -0.2) is 4.39 Å². The van der Waals surface area contributed by atoms with Crippen molar-refractivity contribution in [2.75, 3.05) is 13.1 Å². The van der Waals surface area contributed by atoms with Crippen LogP contribution in [0.25, 0.3) is 0 Å². The van der Waals surface area contributed by atoms with E-state index in [0.29, 0.717) is 6.42 Å². The number of hydrogen-bond donors (Lipinski definition) is 1. The van der Waals surface area contributed by atoms with E-state index in [0.717, 1.165) is 37.9 Å². The summed E-state index contributed by atoms with van der Waals surface area (Å²) in [7, 11) is 0. The van der Waals surface area contributed by atoms with E-state index in [9.17, 15) is 4.39 Å². The van der Waals surface area contributed by atoms with Crippen molar-refractivity contribution in [2.45, 2.75) is 31.9 Å². The molecule has 1 heterocycles. The molecule has 0 saturated carbocycles. The molecule has 1 aromatic rings. The molecular weight excluding hydrogens is 201 g/mol. The van der Waals surface area contributed by atoms with E-state index in [1.807, 2.05) is 30.3 Å². The highest BCUT2D eigenvalue weighted by molar-refractivity contribution is 5.15. The van der Waals surface area contributed by atoms with Gasteiger partial charge in [-0.3, -0.25) is 0 Å². The molecule has 2 rings (SSSR count). The molecule has 1 saturated heterocycles. The fraction of sp³-hybridized carbons (Fsp3) is 0.571. The first-order valence-corrected chi connectivity index (χ1v) is 6.25. The van der Waals surface area contributed by atoms with E-state index < -0.39 is 6.17 Å². The van der Waals surface area contributed by atoms with Crippen LogP contribution in [0.5, 0.6) is 0 Å². The minimum absolute atomic E-state index is 0.246. The number of alkyl halides is 1. The molecular formula is C14H20FN. The van der Waals surface area contributed by atoms with Gasteiger partial charge in [-0.1, -0.05) is 30.3 Å². The van der Waals surface area contributed by atoms with Crippen molar-refractivity contribution in [1.82, 2.24) is 5.32 Å². The summed E-state index contributed by atoms with van der Waals surface area (Å²) in [6.07, 6.45) is 3.02. The van der Waals surface area contributed by atoms with Crippen LogP contribution in [0.4, 0.5) is 4.39 Å². The lowest BCUT2D eigenvalue weighted by atomic mass is 9.91. The summed E-state index contributed by atoms with van der Waals surface area (Å²) < 4.78 is 14.1. The van der Waals surface area contributed by atoms with Gasteiger partial charge in [-0.2, -0.15) is 0 Å². The largest absolute Gasteiger partial charge is 0.317 e. The molecule has 2 atom stereocenters. The van der Waals surface area contributed by atoms with Crippen molar-refractivity contribution in [3.8, 4) is 0 Å². The molecule has 2 unspecified atom stereocenters. The molecule has 0 radical (unpaired) electrons. The van der Waals surface area contributed by atoms with E-state index in [2.05, 4.69) is 5.32 Å². The van der Waals surface area contributed by atoms with Crippen LogP contribution in [0.2, 0.25) is 0 Å². The molecule has 1 aliphatic rings. The molecule has 1 nitrogen and oxygen atoms in total. The second-order valence-electron chi connectivity index (χ2n) is 4.65. The number of rotatable bonds is 3. The Morgan fingerprint density at radius 3 is 2.81 bits per heavy atom. The summed E-state index contributed by atoms with van der Waals surface area (Å²) in [6, 6.07) is 9.97. The molecule has 1 N–H and O–H groups in total. The molecule has 0 bridgehead atoms. The number of hydrogen-bond acceptors (Lipinski definition) is 1. The molecule has 1 aromatic carbocycles. The van der Waals surface area contributed by atoms with Gasteiger partial charge in [0, 0.05) is 6.42 Å². The average molecular weight is 221 g/mol. The van der Waals surface area contributed by atoms with Crippen molar-refractivity contribution in [3.05, 3.63) is 35.9 Å². The van der Waals surface area contributed by atoms with Crippen molar-refractivity contribution >= 4 is 0 Å². The van der Waals surface area contributed by atoms with E-state index in [1.54, 1.807) is 0 Å². The lowest BCUT2D eigenvalue weighted by Gasteiger charge is -2.18. The molecule has 2 heteroatoms. The number of nitrogens with one attached hydrogen (secondary N) is 1. The van der Waals surface area contributed by atoms with Gasteiger partial charge in [0.25, 0.3) is 0 Å². The second kappa shape index (κ2) is 6.00. The molecule has 0 aliphatic carbocycles. The van der Waals surface area contributed by atoms with Crippen LogP contribution in [-0.2, 0) is 6.42 Å². The Balaban J connectivity index is 1.89. The minimum Gasteiger partial charge on any atom is -0.317 e. The van der Waals surface area contributed by atoms with E-state index >= 15 is 0 Å². The van der Waals surface area contributed by atoms with E-state index in [-0.39, 0.29) is 5.92 Å². The van der Waals surface area contributed by atoms with Crippen LogP contribution < -0.4 is 5.32 Å². The summed E-state index contributed by atoms with van der Waals surface area (Å²) in [6.45, 7) is 2.02. The zero-order chi connectivity index (χ0) is 11.2. The van der Waals surface area contributed by atoms with Crippen molar-refractivity contribution in [3.63, 3.8) is 0 Å². The van der Waals surface area contributed by atoms with Crippen LogP contribution >= 0.6 is 0 Å². The van der Waals surface area contributed by atoms with E-state index in [1.165, 1.54) is 0 Å². The van der Waals surface area contributed by atoms with Crippen LogP contribution in [-0.4, -0.2) is 19.3 Å². The van der Waals surface area contributed by atoms with Gasteiger partial charge in [0.15, 0.2) is 0 Å². The van der Waals surface area contributed by atoms with Gasteiger partial charge in [0.2, 0.25) is 0 Å². The summed E-state index contributed by atoms with van der Waals surface area (Å²) in [5, 5.41) is 3.33. The first-order chi connectivity index (χ1) is 7.86. The zero-order valence-corrected chi connectivity index (χ0v) is 9.66. The molecule has 1 fully saturated rings. The Morgan fingerprint density at radius 1 is 1.19 bits per heavy atom. The Hall–Kier alpha value is -0.890. The van der Waals surface area contributed by atoms with Crippen molar-refractivity contribution in [1.29, 1.82) is 0 Å². The van der Waals surface area contributed by atoms with E-state index in [4.69, 9.17) is 0 Å². The van der Waals surface area contributed by atoms with Crippen LogP contribution in [0, 0.1) is 5.92 Å². The lowest BCUT2D eigenvalue weighted by molar-refractivity contribution is 0.210. The third-order valence-electron chi connectivity index (χ3n) is 3.41. The van der Waals surface area contributed by atoms with Crippen LogP contribution in [0.15, 0.2) is 30.3 Å². The average Bonchev–Trinajstić information content (AvgIpc) is 2.59. The third-order valence-corrected chi connectivity index (χ3v) is 3.41. The summed E-state index contributed by atoms with van der Waals surface area (Å²) >= 11 is 0. The Labute approximate surface area is 97.1 Å². The standard InChI is InChI=1S/C14H20FN/c15-14(11-12-5-2-1-3-6-12)13-7-4-9-16-10-8-13/h1-3,5-6,13-14,16H,4,7-11H2. The molecule has 0 spiro atoms. The minimum atomic E-state index is -0.678. The summed E-state index contributed by atoms with van der Waals surface area (Å²) in [4.78, 5) is 0. The SMILES string of the molecule is FC(Cc1ccccc1)C1CCCNCC1. The first kappa shape index (κ1) is 11.6. The maximum atomic E-state index is 14.1. The third kappa shape index (κ3) is 3.31. The van der Waals surface area contributed by atoms with Crippen molar-refractivity contribution < 1.29 is 4.39 Å². The number of halogens is 1. The second-order valence-corrected chi connectivity index (χ2v) is 4.65. The fourth-order valence-electron chi connectivity index (χ4n) is 2.41. The topological polar surface area (TPSA) is 12.0 Å². The first-order valence-electron chi connectivity index (χ1n) is 6.25. The fourth-order valence-corrected chi connectivity index (χ4v) is 2.41. The molecule has 88 valence electrons. The predicted octanol–water partition coefficient (Wildman–Crippen LogP) is 2.96. The Kier molecular flexibility index (Phi) is 4.34. The highest BCUT2D eigenvalue weighted by Gasteiger charge is 2.22.